The monoisotopic (exact) mass is 1500 g/mol. The van der Waals surface area contributed by atoms with Crippen LogP contribution in [0.15, 0.2) is 346 Å². The number of hydrogen-bond donors (Lipinski definition) is 0. The van der Waals surface area contributed by atoms with Gasteiger partial charge in [0.05, 0.1) is 38.8 Å². The molecular weight excluding hydrogens is 1440 g/mol. The van der Waals surface area contributed by atoms with E-state index in [9.17, 15) is 0 Å². The van der Waals surface area contributed by atoms with Gasteiger partial charge in [0.2, 0.25) is 5.95 Å². The summed E-state index contributed by atoms with van der Waals surface area (Å²) in [6, 6.07) is 120. The Kier molecular flexibility index (Phi) is 13.0. The highest BCUT2D eigenvalue weighted by Crippen LogP contribution is 2.56. The summed E-state index contributed by atoms with van der Waals surface area (Å²) in [5.41, 5.74) is 24.7. The van der Waals surface area contributed by atoms with Crippen molar-refractivity contribution in [1.82, 2.24) is 33.6 Å². The normalized spacial score (nSPS) is 12.4. The molecule has 3 aliphatic rings. The molecule has 114 heavy (non-hydrogen) atoms. The number of benzene rings is 16. The highest BCUT2D eigenvalue weighted by molar-refractivity contribution is 7.26. The smallest absolute Gasteiger partial charge is 0.234 e. The predicted molar refractivity (Wildman–Crippen MR) is 483 cm³/mol. The van der Waals surface area contributed by atoms with Crippen LogP contribution in [0.25, 0.3) is 254 Å². The van der Waals surface area contributed by atoms with Crippen LogP contribution in [0.1, 0.15) is 0 Å². The molecule has 0 aliphatic heterocycles. The zero-order chi connectivity index (χ0) is 74.1. The summed E-state index contributed by atoms with van der Waals surface area (Å²) in [4.78, 5) is 19.2. The maximum absolute atomic E-state index is 5.21. The second-order valence-corrected chi connectivity index (χ2v) is 33.4. The Morgan fingerprint density at radius 1 is 0.202 bits per heavy atom. The Morgan fingerprint density at radius 2 is 0.553 bits per heavy atom. The quantitative estimate of drug-likeness (QED) is 0.176. The first-order valence-corrected chi connectivity index (χ1v) is 41.1. The lowest BCUT2D eigenvalue weighted by atomic mass is 9.92. The predicted octanol–water partition coefficient (Wildman–Crippen LogP) is 29.1. The van der Waals surface area contributed by atoms with E-state index in [1.165, 1.54) is 214 Å². The first-order valence-electron chi connectivity index (χ1n) is 38.6. The fraction of sp³-hybridized carbons (Fsp3) is 0. The molecule has 9 heterocycles. The summed E-state index contributed by atoms with van der Waals surface area (Å²) in [5, 5.41) is 23.6. The van der Waals surface area contributed by atoms with Gasteiger partial charge in [0.15, 0.2) is 0 Å². The first kappa shape index (κ1) is 62.5. The van der Waals surface area contributed by atoms with Gasteiger partial charge in [0, 0.05) is 117 Å². The molecule has 9 aromatic heterocycles. The third-order valence-electron chi connectivity index (χ3n) is 24.3. The molecular formula is C104H57N7S3. The van der Waals surface area contributed by atoms with Gasteiger partial charge in [0.1, 0.15) is 11.6 Å². The number of hydrogen-bond acceptors (Lipinski definition) is 7. The number of rotatable bonds is 4. The van der Waals surface area contributed by atoms with Gasteiger partial charge in [0.25, 0.3) is 0 Å². The zero-order valence-corrected chi connectivity index (χ0v) is 63.2. The molecule has 16 aromatic carbocycles. The van der Waals surface area contributed by atoms with E-state index >= 15 is 0 Å². The average Bonchev–Trinajstić information content (AvgIpc) is 1.55. The van der Waals surface area contributed by atoms with E-state index in [2.05, 4.69) is 333 Å². The number of pyridine rings is 2. The van der Waals surface area contributed by atoms with Crippen molar-refractivity contribution in [3.8, 4) is 95.6 Å². The van der Waals surface area contributed by atoms with Gasteiger partial charge < -0.3 is 0 Å². The van der Waals surface area contributed by atoms with E-state index in [1.807, 2.05) is 70.8 Å². The molecule has 0 radical (unpaired) electrons. The number of thiophene rings is 3. The van der Waals surface area contributed by atoms with Crippen LogP contribution in [-0.2, 0) is 0 Å². The van der Waals surface area contributed by atoms with Crippen LogP contribution in [0.4, 0.5) is 0 Å². The van der Waals surface area contributed by atoms with E-state index in [0.29, 0.717) is 5.95 Å². The van der Waals surface area contributed by atoms with Crippen molar-refractivity contribution in [2.24, 2.45) is 0 Å². The van der Waals surface area contributed by atoms with Gasteiger partial charge in [-0.3, -0.25) is 13.7 Å². The van der Waals surface area contributed by atoms with Gasteiger partial charge in [-0.1, -0.05) is 206 Å². The SMILES string of the molecule is c1ccc(-c2cccc(-n3c4cccc5c4c4c6c(cccc6ccc43)-c3cc4c(cc3-5)sc3ccccc34)n2)cc1.c1ccc(-n2c3cccc4c3c3c5c(cccc5ccc32)-c2cc3c(cc2-4)sc2ccccc23)nc1.c1cnc(-n2c3cccc4c3c3c5c(cccc5ccc32)-c2cc3c(cc2-4)sc2ccccc23)nc1. The third kappa shape index (κ3) is 8.73. The van der Waals surface area contributed by atoms with Crippen LogP contribution in [0.3, 0.4) is 0 Å². The summed E-state index contributed by atoms with van der Waals surface area (Å²) in [5.74, 6) is 2.59. The minimum absolute atomic E-state index is 0.701. The number of nitrogens with zero attached hydrogens (tertiary/aromatic N) is 7. The summed E-state index contributed by atoms with van der Waals surface area (Å²) in [6.45, 7) is 0. The summed E-state index contributed by atoms with van der Waals surface area (Å²) in [6.07, 6.45) is 5.51. The highest BCUT2D eigenvalue weighted by atomic mass is 32.1. The highest BCUT2D eigenvalue weighted by Gasteiger charge is 2.31. The van der Waals surface area contributed by atoms with Gasteiger partial charge >= 0.3 is 0 Å². The second kappa shape index (κ2) is 23.6. The lowest BCUT2D eigenvalue weighted by Gasteiger charge is -2.14. The lowest BCUT2D eigenvalue weighted by molar-refractivity contribution is 0.989. The molecule has 0 bridgehead atoms. The largest absolute Gasteiger partial charge is 0.294 e. The Hall–Kier alpha value is -14.3. The van der Waals surface area contributed by atoms with E-state index in [0.717, 1.165) is 33.9 Å². The van der Waals surface area contributed by atoms with Gasteiger partial charge in [-0.15, -0.1) is 34.0 Å². The molecule has 0 saturated carbocycles. The summed E-state index contributed by atoms with van der Waals surface area (Å²) in [7, 11) is 0. The Morgan fingerprint density at radius 3 is 1.00 bits per heavy atom. The van der Waals surface area contributed by atoms with Crippen molar-refractivity contribution in [1.29, 1.82) is 0 Å². The van der Waals surface area contributed by atoms with Crippen molar-refractivity contribution in [3.05, 3.63) is 346 Å². The second-order valence-electron chi connectivity index (χ2n) is 30.2. The molecule has 0 saturated heterocycles. The van der Waals surface area contributed by atoms with E-state index in [1.54, 1.807) is 0 Å². The Bertz CT molecular complexity index is 8230. The molecule has 0 fully saturated rings. The maximum atomic E-state index is 5.21. The minimum atomic E-state index is 0.701. The third-order valence-corrected chi connectivity index (χ3v) is 27.7. The number of aromatic nitrogens is 7. The molecule has 0 N–H and O–H groups in total. The summed E-state index contributed by atoms with van der Waals surface area (Å²) >= 11 is 5.65. The first-order chi connectivity index (χ1) is 56.6. The molecule has 0 unspecified atom stereocenters. The van der Waals surface area contributed by atoms with Gasteiger partial charge in [-0.05, 0) is 220 Å². The maximum Gasteiger partial charge on any atom is 0.234 e. The molecule has 0 spiro atoms. The Balaban J connectivity index is 0.0000000945. The van der Waals surface area contributed by atoms with Crippen LogP contribution in [0.2, 0.25) is 0 Å². The van der Waals surface area contributed by atoms with Crippen LogP contribution < -0.4 is 0 Å². The van der Waals surface area contributed by atoms with Crippen molar-refractivity contribution < 1.29 is 0 Å². The molecule has 526 valence electrons. The molecule has 28 rings (SSSR count). The molecule has 25 aromatic rings. The number of fused-ring (bicyclic) bond motifs is 18. The van der Waals surface area contributed by atoms with Gasteiger partial charge in [-0.2, -0.15) is 0 Å². The summed E-state index contributed by atoms with van der Waals surface area (Å²) < 4.78 is 14.9. The van der Waals surface area contributed by atoms with E-state index in [4.69, 9.17) is 9.97 Å². The topological polar surface area (TPSA) is 66.3 Å². The van der Waals surface area contributed by atoms with Crippen LogP contribution in [-0.4, -0.2) is 33.6 Å². The van der Waals surface area contributed by atoms with Crippen LogP contribution in [0, 0.1) is 0 Å². The Labute approximate surface area is 662 Å². The molecule has 0 amide bonds. The fourth-order valence-corrected chi connectivity index (χ4v) is 23.1. The van der Waals surface area contributed by atoms with Crippen LogP contribution >= 0.6 is 34.0 Å². The van der Waals surface area contributed by atoms with Crippen molar-refractivity contribution >= 4 is 192 Å². The lowest BCUT2D eigenvalue weighted by Crippen LogP contribution is -1.99. The van der Waals surface area contributed by atoms with E-state index < -0.39 is 0 Å². The molecule has 3 aliphatic carbocycles. The van der Waals surface area contributed by atoms with Crippen molar-refractivity contribution in [2.45, 2.75) is 0 Å². The van der Waals surface area contributed by atoms with Crippen molar-refractivity contribution in [3.63, 3.8) is 0 Å². The van der Waals surface area contributed by atoms with Crippen molar-refractivity contribution in [2.75, 3.05) is 0 Å². The average molecular weight is 1500 g/mol. The van der Waals surface area contributed by atoms with Gasteiger partial charge in [-0.25, -0.2) is 19.9 Å². The zero-order valence-electron chi connectivity index (χ0n) is 60.8. The molecule has 10 heteroatoms. The van der Waals surface area contributed by atoms with Crippen LogP contribution in [0.5, 0.6) is 0 Å². The standard InChI is InChI=1S/C39H22N2S.C33H18N2S.C32H17N3S/c1-2-9-23(10-3-1)31-15-8-18-36(40-31)41-32-16-7-14-27-29-22-35-30(25-12-4-5-17-34(25)42-35)21-28(29)26-13-6-11-24-19-20-33(41)39(37(24)26)38(27)32;1-2-12-28-20(8-1)25-17-23-21-9-5-7-19-14-15-27-33(31(19)21)32-22(24(23)18-29(25)36-28)10-6-11-26(32)35(27)30-13-3-4-16-34-30;1-2-11-27-19(7-1)24-16-22-20-8-3-6-18-12-13-26-31(29(18)20)30-21(23(22)17-28(24)36-27)9-4-10-25(30)35(26)32-33-14-5-15-34-32/h1-22H;1-18H;1-17H. The van der Waals surface area contributed by atoms with E-state index in [-0.39, 0.29) is 0 Å². The molecule has 7 nitrogen and oxygen atoms in total. The fourth-order valence-electron chi connectivity index (χ4n) is 19.7. The molecule has 0 atom stereocenters. The minimum Gasteiger partial charge on any atom is -0.294 e.